The summed E-state index contributed by atoms with van der Waals surface area (Å²) >= 11 is 0. The molecule has 1 aliphatic carbocycles. The summed E-state index contributed by atoms with van der Waals surface area (Å²) < 4.78 is 0. The quantitative estimate of drug-likeness (QED) is 0.765. The molecular formula is C25H37NO2. The van der Waals surface area contributed by atoms with E-state index in [-0.39, 0.29) is 18.1 Å². The molecule has 1 aromatic rings. The molecule has 0 aromatic heterocycles. The van der Waals surface area contributed by atoms with Crippen molar-refractivity contribution in [2.24, 2.45) is 17.3 Å². The summed E-state index contributed by atoms with van der Waals surface area (Å²) in [5.74, 6) is 1.13. The minimum absolute atomic E-state index is 0.162. The molecule has 3 fully saturated rings. The molecule has 3 heterocycles. The predicted molar refractivity (Wildman–Crippen MR) is 115 cm³/mol. The average Bonchev–Trinajstić information content (AvgIpc) is 2.77. The molecule has 0 radical (unpaired) electrons. The fourth-order valence-corrected chi connectivity index (χ4v) is 7.04. The molecule has 3 heteroatoms. The topological polar surface area (TPSA) is 43.7 Å². The molecule has 28 heavy (non-hydrogen) atoms. The summed E-state index contributed by atoms with van der Waals surface area (Å²) in [5, 5.41) is 21.1. The highest BCUT2D eigenvalue weighted by Gasteiger charge is 2.59. The van der Waals surface area contributed by atoms with Crippen LogP contribution in [-0.2, 0) is 0 Å². The van der Waals surface area contributed by atoms with E-state index in [2.05, 4.69) is 43.0 Å². The number of fused-ring (bicyclic) bond motifs is 1. The lowest BCUT2D eigenvalue weighted by Crippen LogP contribution is -2.66. The summed E-state index contributed by atoms with van der Waals surface area (Å²) in [5.41, 5.74) is 5.59. The van der Waals surface area contributed by atoms with Gasteiger partial charge in [-0.15, -0.1) is 0 Å². The van der Waals surface area contributed by atoms with Gasteiger partial charge in [-0.1, -0.05) is 43.2 Å². The number of nitrogens with zero attached hydrogens (tertiary/aromatic N) is 1. The minimum atomic E-state index is -0.358. The Balaban J connectivity index is 1.93. The Morgan fingerprint density at radius 1 is 1.29 bits per heavy atom. The van der Waals surface area contributed by atoms with E-state index in [1.165, 1.54) is 35.2 Å². The van der Waals surface area contributed by atoms with Gasteiger partial charge in [-0.05, 0) is 74.5 Å². The first-order chi connectivity index (χ1) is 13.5. The zero-order valence-corrected chi connectivity index (χ0v) is 17.8. The van der Waals surface area contributed by atoms with Crippen molar-refractivity contribution in [3.8, 4) is 0 Å². The smallest absolute Gasteiger partial charge is 0.0620 e. The van der Waals surface area contributed by atoms with E-state index in [0.717, 1.165) is 38.6 Å². The normalized spacial score (nSPS) is 35.8. The Hall–Kier alpha value is -1.16. The number of aliphatic hydroxyl groups is 2. The Bertz CT molecular complexity index is 740. The Kier molecular flexibility index (Phi) is 5.70. The second-order valence-corrected chi connectivity index (χ2v) is 9.51. The fourth-order valence-electron chi connectivity index (χ4n) is 7.04. The van der Waals surface area contributed by atoms with Gasteiger partial charge in [-0.3, -0.25) is 4.90 Å². The molecule has 3 nitrogen and oxygen atoms in total. The van der Waals surface area contributed by atoms with Gasteiger partial charge in [0.05, 0.1) is 6.10 Å². The third kappa shape index (κ3) is 3.07. The van der Waals surface area contributed by atoms with Crippen LogP contribution in [0.15, 0.2) is 29.8 Å². The first-order valence-electron chi connectivity index (χ1n) is 11.3. The number of benzene rings is 1. The van der Waals surface area contributed by atoms with Crippen LogP contribution >= 0.6 is 0 Å². The van der Waals surface area contributed by atoms with Crippen molar-refractivity contribution in [2.45, 2.75) is 71.4 Å². The maximum atomic E-state index is 11.3. The van der Waals surface area contributed by atoms with Crippen LogP contribution in [0.25, 0.3) is 5.57 Å². The molecule has 0 amide bonds. The largest absolute Gasteiger partial charge is 0.396 e. The molecule has 154 valence electrons. The number of aliphatic hydroxyl groups excluding tert-OH is 2. The number of aryl methyl sites for hydroxylation is 1. The van der Waals surface area contributed by atoms with E-state index in [9.17, 15) is 10.2 Å². The van der Waals surface area contributed by atoms with Gasteiger partial charge in [0.1, 0.15) is 0 Å². The van der Waals surface area contributed by atoms with Crippen LogP contribution in [0, 0.1) is 24.2 Å². The van der Waals surface area contributed by atoms with Crippen LogP contribution in [0.1, 0.15) is 63.5 Å². The van der Waals surface area contributed by atoms with Gasteiger partial charge in [0.25, 0.3) is 0 Å². The van der Waals surface area contributed by atoms with Gasteiger partial charge >= 0.3 is 0 Å². The third-order valence-corrected chi connectivity index (χ3v) is 7.91. The zero-order chi connectivity index (χ0) is 19.9. The van der Waals surface area contributed by atoms with Crippen molar-refractivity contribution in [3.05, 3.63) is 41.0 Å². The van der Waals surface area contributed by atoms with Gasteiger partial charge in [-0.25, -0.2) is 0 Å². The van der Waals surface area contributed by atoms with Crippen molar-refractivity contribution >= 4 is 5.57 Å². The summed E-state index contributed by atoms with van der Waals surface area (Å²) in [6, 6.07) is 9.16. The summed E-state index contributed by atoms with van der Waals surface area (Å²) in [6.07, 6.45) is 6.09. The Morgan fingerprint density at radius 2 is 2.07 bits per heavy atom. The first kappa shape index (κ1) is 20.1. The van der Waals surface area contributed by atoms with E-state index in [0.29, 0.717) is 17.9 Å². The van der Waals surface area contributed by atoms with Crippen LogP contribution in [0.3, 0.4) is 0 Å². The highest BCUT2D eigenvalue weighted by molar-refractivity contribution is 5.73. The number of piperidine rings is 2. The molecular weight excluding hydrogens is 346 g/mol. The number of rotatable bonds is 6. The summed E-state index contributed by atoms with van der Waals surface area (Å²) in [7, 11) is 0. The van der Waals surface area contributed by atoms with Crippen molar-refractivity contribution in [2.75, 3.05) is 19.7 Å². The van der Waals surface area contributed by atoms with Crippen LogP contribution in [-0.4, -0.2) is 47.0 Å². The highest BCUT2D eigenvalue weighted by Crippen LogP contribution is 2.60. The second-order valence-electron chi connectivity index (χ2n) is 9.51. The molecule has 2 N–H and O–H groups in total. The van der Waals surface area contributed by atoms with Gasteiger partial charge in [0.15, 0.2) is 0 Å². The minimum Gasteiger partial charge on any atom is -0.396 e. The maximum absolute atomic E-state index is 11.3. The van der Waals surface area contributed by atoms with E-state index < -0.39 is 0 Å². The molecule has 6 unspecified atom stereocenters. The van der Waals surface area contributed by atoms with Gasteiger partial charge in [0.2, 0.25) is 0 Å². The summed E-state index contributed by atoms with van der Waals surface area (Å²) in [6.45, 7) is 9.03. The average molecular weight is 384 g/mol. The molecule has 6 atom stereocenters. The standard InChI is InChI=1S/C25H37NO2/c1-4-7-23-22(21-9-6-5-8-17(21)2)10-12-26-16-19-14-20(11-13-27)24(26)25(23,15-19)18(3)28/h5-6,8-9,18-20,24,27-28H,4,7,10-16H2,1-3H3. The van der Waals surface area contributed by atoms with Gasteiger partial charge in [-0.2, -0.15) is 0 Å². The maximum Gasteiger partial charge on any atom is 0.0620 e. The van der Waals surface area contributed by atoms with E-state index >= 15 is 0 Å². The second kappa shape index (κ2) is 7.93. The molecule has 1 aromatic carbocycles. The third-order valence-electron chi connectivity index (χ3n) is 7.91. The van der Waals surface area contributed by atoms with E-state index in [4.69, 9.17) is 0 Å². The number of hydrogen-bond acceptors (Lipinski definition) is 3. The van der Waals surface area contributed by atoms with Crippen molar-refractivity contribution in [1.29, 1.82) is 0 Å². The molecule has 3 aliphatic heterocycles. The lowest BCUT2D eigenvalue weighted by molar-refractivity contribution is -0.128. The molecule has 4 bridgehead atoms. The highest BCUT2D eigenvalue weighted by atomic mass is 16.3. The SMILES string of the molecule is CCCC1=C(c2ccccc2C)CCN2CC3CC(CCO)C2C1(C(C)O)C3. The van der Waals surface area contributed by atoms with Gasteiger partial charge < -0.3 is 10.2 Å². The molecule has 1 saturated carbocycles. The van der Waals surface area contributed by atoms with Crippen molar-refractivity contribution in [3.63, 3.8) is 0 Å². The van der Waals surface area contributed by atoms with Crippen molar-refractivity contribution in [1.82, 2.24) is 4.90 Å². The van der Waals surface area contributed by atoms with Gasteiger partial charge in [0, 0.05) is 31.2 Å². The van der Waals surface area contributed by atoms with E-state index in [1.807, 2.05) is 6.92 Å². The van der Waals surface area contributed by atoms with Crippen molar-refractivity contribution < 1.29 is 10.2 Å². The fraction of sp³-hybridized carbons (Fsp3) is 0.680. The Morgan fingerprint density at radius 3 is 2.75 bits per heavy atom. The number of hydrogen-bond donors (Lipinski definition) is 2. The Labute approximate surface area is 170 Å². The van der Waals surface area contributed by atoms with Crippen LogP contribution in [0.5, 0.6) is 0 Å². The molecule has 0 spiro atoms. The van der Waals surface area contributed by atoms with Crippen LogP contribution in [0.4, 0.5) is 0 Å². The lowest BCUT2D eigenvalue weighted by atomic mass is 9.52. The summed E-state index contributed by atoms with van der Waals surface area (Å²) in [4.78, 5) is 2.69. The zero-order valence-electron chi connectivity index (χ0n) is 17.8. The first-order valence-corrected chi connectivity index (χ1v) is 11.3. The van der Waals surface area contributed by atoms with Crippen LogP contribution in [0.2, 0.25) is 0 Å². The van der Waals surface area contributed by atoms with E-state index in [1.54, 1.807) is 0 Å². The monoisotopic (exact) mass is 383 g/mol. The molecule has 4 aliphatic rings. The molecule has 2 saturated heterocycles. The lowest BCUT2D eigenvalue weighted by Gasteiger charge is -2.62. The van der Waals surface area contributed by atoms with Crippen LogP contribution < -0.4 is 0 Å². The molecule has 5 rings (SSSR count). The predicted octanol–water partition coefficient (Wildman–Crippen LogP) is 4.41.